The minimum absolute atomic E-state index is 0.00981. The van der Waals surface area contributed by atoms with Crippen LogP contribution in [0.2, 0.25) is 5.02 Å². The van der Waals surface area contributed by atoms with Crippen LogP contribution in [0.1, 0.15) is 5.56 Å². The van der Waals surface area contributed by atoms with E-state index in [0.717, 1.165) is 5.56 Å². The summed E-state index contributed by atoms with van der Waals surface area (Å²) < 4.78 is 5.51. The first kappa shape index (κ1) is 13.1. The number of nitro benzene ring substituents is 1. The highest BCUT2D eigenvalue weighted by atomic mass is 35.5. The minimum atomic E-state index is -0.557. The van der Waals surface area contributed by atoms with E-state index in [9.17, 15) is 10.1 Å². The SMILES string of the molecule is Cc1cc(N)cnc1Oc1ccc([N+](=O)[O-])c(Cl)c1. The standard InChI is InChI=1S/C12H10ClN3O3/c1-7-4-8(14)6-15-12(7)19-9-2-3-11(16(17)18)10(13)5-9/h2-6H,14H2,1H3. The smallest absolute Gasteiger partial charge is 0.288 e. The molecule has 7 heteroatoms. The third kappa shape index (κ3) is 2.92. The van der Waals surface area contributed by atoms with Crippen molar-refractivity contribution in [3.05, 3.63) is 51.2 Å². The van der Waals surface area contributed by atoms with Gasteiger partial charge < -0.3 is 10.5 Å². The number of pyridine rings is 1. The molecular formula is C12H10ClN3O3. The number of aromatic nitrogens is 1. The first-order valence-electron chi connectivity index (χ1n) is 5.31. The molecule has 1 aromatic heterocycles. The average Bonchev–Trinajstić information content (AvgIpc) is 2.32. The summed E-state index contributed by atoms with van der Waals surface area (Å²) in [6, 6.07) is 5.83. The van der Waals surface area contributed by atoms with Gasteiger partial charge in [0, 0.05) is 17.7 Å². The van der Waals surface area contributed by atoms with Gasteiger partial charge in [-0.2, -0.15) is 0 Å². The van der Waals surface area contributed by atoms with Crippen LogP contribution in [0.5, 0.6) is 11.6 Å². The van der Waals surface area contributed by atoms with Gasteiger partial charge in [0.1, 0.15) is 10.8 Å². The Kier molecular flexibility index (Phi) is 3.52. The van der Waals surface area contributed by atoms with Crippen LogP contribution in [0, 0.1) is 17.0 Å². The fraction of sp³-hybridized carbons (Fsp3) is 0.0833. The molecule has 0 radical (unpaired) electrons. The van der Waals surface area contributed by atoms with Gasteiger partial charge in [-0.1, -0.05) is 11.6 Å². The molecule has 98 valence electrons. The van der Waals surface area contributed by atoms with E-state index in [0.29, 0.717) is 17.3 Å². The molecule has 0 aliphatic rings. The molecule has 1 heterocycles. The molecule has 2 rings (SSSR count). The molecule has 1 aromatic carbocycles. The Bertz CT molecular complexity index is 646. The van der Waals surface area contributed by atoms with Crippen LogP contribution < -0.4 is 10.5 Å². The van der Waals surface area contributed by atoms with Gasteiger partial charge in [0.05, 0.1) is 16.8 Å². The molecule has 19 heavy (non-hydrogen) atoms. The van der Waals surface area contributed by atoms with E-state index in [1.807, 2.05) is 0 Å². The number of nitrogens with two attached hydrogens (primary N) is 1. The zero-order valence-corrected chi connectivity index (χ0v) is 10.7. The maximum Gasteiger partial charge on any atom is 0.288 e. The van der Waals surface area contributed by atoms with Crippen LogP contribution >= 0.6 is 11.6 Å². The molecule has 2 aromatic rings. The molecule has 0 saturated carbocycles. The monoisotopic (exact) mass is 279 g/mol. The number of hydrogen-bond donors (Lipinski definition) is 1. The molecule has 0 unspecified atom stereocenters. The molecule has 0 bridgehead atoms. The van der Waals surface area contributed by atoms with Gasteiger partial charge in [-0.05, 0) is 19.1 Å². The van der Waals surface area contributed by atoms with Crippen molar-refractivity contribution in [2.24, 2.45) is 0 Å². The molecule has 0 amide bonds. The average molecular weight is 280 g/mol. The topological polar surface area (TPSA) is 91.3 Å². The maximum atomic E-state index is 10.6. The molecule has 0 aliphatic carbocycles. The molecule has 0 spiro atoms. The Balaban J connectivity index is 2.29. The molecule has 0 aliphatic heterocycles. The van der Waals surface area contributed by atoms with E-state index >= 15 is 0 Å². The number of nitrogens with zero attached hydrogens (tertiary/aromatic N) is 2. The van der Waals surface area contributed by atoms with Gasteiger partial charge in [-0.15, -0.1) is 0 Å². The summed E-state index contributed by atoms with van der Waals surface area (Å²) in [6.07, 6.45) is 1.47. The van der Waals surface area contributed by atoms with Crippen molar-refractivity contribution >= 4 is 23.0 Å². The highest BCUT2D eigenvalue weighted by molar-refractivity contribution is 6.32. The Hall–Kier alpha value is -2.34. The summed E-state index contributed by atoms with van der Waals surface area (Å²) in [4.78, 5) is 14.1. The third-order valence-corrected chi connectivity index (χ3v) is 2.68. The van der Waals surface area contributed by atoms with Crippen molar-refractivity contribution in [2.75, 3.05) is 5.73 Å². The minimum Gasteiger partial charge on any atom is -0.439 e. The number of benzene rings is 1. The number of halogens is 1. The summed E-state index contributed by atoms with van der Waals surface area (Å²) in [5, 5.41) is 10.6. The number of anilines is 1. The quantitative estimate of drug-likeness (QED) is 0.687. The zero-order chi connectivity index (χ0) is 14.0. The summed E-state index contributed by atoms with van der Waals surface area (Å²) >= 11 is 5.79. The van der Waals surface area contributed by atoms with Crippen molar-refractivity contribution in [3.8, 4) is 11.6 Å². The fourth-order valence-electron chi connectivity index (χ4n) is 1.50. The van der Waals surface area contributed by atoms with Crippen molar-refractivity contribution in [1.82, 2.24) is 4.98 Å². The van der Waals surface area contributed by atoms with Gasteiger partial charge >= 0.3 is 0 Å². The molecule has 0 saturated heterocycles. The van der Waals surface area contributed by atoms with Gasteiger partial charge in [0.25, 0.3) is 5.69 Å². The van der Waals surface area contributed by atoms with Crippen LogP contribution in [0.4, 0.5) is 11.4 Å². The van der Waals surface area contributed by atoms with Gasteiger partial charge in [0.2, 0.25) is 5.88 Å². The van der Waals surface area contributed by atoms with E-state index in [1.54, 1.807) is 13.0 Å². The lowest BCUT2D eigenvalue weighted by Gasteiger charge is -2.08. The summed E-state index contributed by atoms with van der Waals surface area (Å²) in [6.45, 7) is 1.80. The predicted molar refractivity (Wildman–Crippen MR) is 71.6 cm³/mol. The number of hydrogen-bond acceptors (Lipinski definition) is 5. The second kappa shape index (κ2) is 5.11. The fourth-order valence-corrected chi connectivity index (χ4v) is 1.74. The Morgan fingerprint density at radius 2 is 2.16 bits per heavy atom. The van der Waals surface area contributed by atoms with Crippen LogP contribution in [0.25, 0.3) is 0 Å². The number of aryl methyl sites for hydroxylation is 1. The molecule has 0 atom stereocenters. The summed E-state index contributed by atoms with van der Waals surface area (Å²) in [5.41, 5.74) is 6.71. The molecule has 2 N–H and O–H groups in total. The van der Waals surface area contributed by atoms with Crippen molar-refractivity contribution in [2.45, 2.75) is 6.92 Å². The second-order valence-corrected chi connectivity index (χ2v) is 4.27. The van der Waals surface area contributed by atoms with E-state index in [4.69, 9.17) is 22.1 Å². The van der Waals surface area contributed by atoms with E-state index in [-0.39, 0.29) is 10.7 Å². The summed E-state index contributed by atoms with van der Waals surface area (Å²) in [5.74, 6) is 0.745. The Labute approximate surface area is 113 Å². The van der Waals surface area contributed by atoms with Crippen molar-refractivity contribution in [3.63, 3.8) is 0 Å². The maximum absolute atomic E-state index is 10.6. The van der Waals surface area contributed by atoms with Crippen LogP contribution in [-0.4, -0.2) is 9.91 Å². The summed E-state index contributed by atoms with van der Waals surface area (Å²) in [7, 11) is 0. The van der Waals surface area contributed by atoms with Crippen LogP contribution in [0.3, 0.4) is 0 Å². The first-order valence-corrected chi connectivity index (χ1v) is 5.69. The largest absolute Gasteiger partial charge is 0.439 e. The highest BCUT2D eigenvalue weighted by Gasteiger charge is 2.13. The van der Waals surface area contributed by atoms with E-state index in [1.165, 1.54) is 24.4 Å². The van der Waals surface area contributed by atoms with Gasteiger partial charge in [-0.3, -0.25) is 10.1 Å². The van der Waals surface area contributed by atoms with Gasteiger partial charge in [-0.25, -0.2) is 4.98 Å². The normalized spacial score (nSPS) is 10.2. The number of nitro groups is 1. The number of nitrogen functional groups attached to an aromatic ring is 1. The Morgan fingerprint density at radius 3 is 2.74 bits per heavy atom. The predicted octanol–water partition coefficient (Wildman–Crippen LogP) is 3.33. The van der Waals surface area contributed by atoms with Crippen LogP contribution in [-0.2, 0) is 0 Å². The lowest BCUT2D eigenvalue weighted by Crippen LogP contribution is -1.95. The highest BCUT2D eigenvalue weighted by Crippen LogP contribution is 2.31. The van der Waals surface area contributed by atoms with Crippen molar-refractivity contribution in [1.29, 1.82) is 0 Å². The number of ether oxygens (including phenoxy) is 1. The third-order valence-electron chi connectivity index (χ3n) is 2.38. The lowest BCUT2D eigenvalue weighted by molar-refractivity contribution is -0.384. The first-order chi connectivity index (χ1) is 8.97. The zero-order valence-electron chi connectivity index (χ0n) is 9.96. The van der Waals surface area contributed by atoms with Gasteiger partial charge in [0.15, 0.2) is 0 Å². The molecule has 0 fully saturated rings. The second-order valence-electron chi connectivity index (χ2n) is 3.86. The molecule has 6 nitrogen and oxygen atoms in total. The van der Waals surface area contributed by atoms with Crippen molar-refractivity contribution < 1.29 is 9.66 Å². The molecular weight excluding hydrogens is 270 g/mol. The Morgan fingerprint density at radius 1 is 1.42 bits per heavy atom. The number of rotatable bonds is 3. The van der Waals surface area contributed by atoms with E-state index < -0.39 is 4.92 Å². The van der Waals surface area contributed by atoms with E-state index in [2.05, 4.69) is 4.98 Å². The lowest BCUT2D eigenvalue weighted by atomic mass is 10.3. The van der Waals surface area contributed by atoms with Crippen LogP contribution in [0.15, 0.2) is 30.5 Å².